The second-order valence-electron chi connectivity index (χ2n) is 6.56. The SMILES string of the molecule is CCOc1cc2c(cc1NC(=O)c1ccc3c(c1)CNC3)OC(C)C2. The number of carbonyl (C=O) groups is 1. The minimum atomic E-state index is -0.137. The lowest BCUT2D eigenvalue weighted by molar-refractivity contribution is 0.102. The molecule has 1 atom stereocenters. The summed E-state index contributed by atoms with van der Waals surface area (Å²) in [5.74, 6) is 1.38. The normalized spacial score (nSPS) is 17.6. The van der Waals surface area contributed by atoms with E-state index in [-0.39, 0.29) is 12.0 Å². The van der Waals surface area contributed by atoms with Crippen LogP contribution in [0.5, 0.6) is 11.5 Å². The molecule has 2 aromatic rings. The van der Waals surface area contributed by atoms with Crippen molar-refractivity contribution in [1.29, 1.82) is 0 Å². The quantitative estimate of drug-likeness (QED) is 0.898. The molecule has 2 aliphatic heterocycles. The molecule has 2 heterocycles. The average Bonchev–Trinajstić information content (AvgIpc) is 3.19. The highest BCUT2D eigenvalue weighted by Gasteiger charge is 2.23. The number of rotatable bonds is 4. The molecule has 0 radical (unpaired) electrons. The van der Waals surface area contributed by atoms with Gasteiger partial charge in [-0.15, -0.1) is 0 Å². The Balaban J connectivity index is 1.61. The summed E-state index contributed by atoms with van der Waals surface area (Å²) in [7, 11) is 0. The third-order valence-electron chi connectivity index (χ3n) is 4.65. The van der Waals surface area contributed by atoms with Crippen molar-refractivity contribution >= 4 is 11.6 Å². The molecule has 5 heteroatoms. The molecule has 2 aromatic carbocycles. The monoisotopic (exact) mass is 338 g/mol. The Morgan fingerprint density at radius 3 is 2.92 bits per heavy atom. The number of carbonyl (C=O) groups excluding carboxylic acids is 1. The maximum atomic E-state index is 12.7. The van der Waals surface area contributed by atoms with Crippen molar-refractivity contribution in [2.45, 2.75) is 39.5 Å². The van der Waals surface area contributed by atoms with Crippen molar-refractivity contribution in [3.05, 3.63) is 52.6 Å². The number of nitrogens with one attached hydrogen (secondary N) is 2. The van der Waals surface area contributed by atoms with E-state index in [4.69, 9.17) is 9.47 Å². The fourth-order valence-corrected chi connectivity index (χ4v) is 3.44. The molecule has 0 fully saturated rings. The summed E-state index contributed by atoms with van der Waals surface area (Å²) in [5, 5.41) is 6.28. The van der Waals surface area contributed by atoms with Crippen LogP contribution >= 0.6 is 0 Å². The number of hydrogen-bond acceptors (Lipinski definition) is 4. The average molecular weight is 338 g/mol. The first kappa shape index (κ1) is 16.0. The molecule has 4 rings (SSSR count). The minimum Gasteiger partial charge on any atom is -0.492 e. The van der Waals surface area contributed by atoms with Gasteiger partial charge in [-0.05, 0) is 43.2 Å². The van der Waals surface area contributed by atoms with Crippen LogP contribution in [-0.2, 0) is 19.5 Å². The fraction of sp³-hybridized carbons (Fsp3) is 0.350. The van der Waals surface area contributed by atoms with E-state index in [0.29, 0.717) is 23.6 Å². The zero-order valence-electron chi connectivity index (χ0n) is 14.5. The van der Waals surface area contributed by atoms with Gasteiger partial charge in [-0.2, -0.15) is 0 Å². The van der Waals surface area contributed by atoms with Crippen LogP contribution in [0.2, 0.25) is 0 Å². The van der Waals surface area contributed by atoms with E-state index >= 15 is 0 Å². The molecule has 0 saturated carbocycles. The highest BCUT2D eigenvalue weighted by atomic mass is 16.5. The molecular formula is C20H22N2O3. The second-order valence-corrected chi connectivity index (χ2v) is 6.56. The van der Waals surface area contributed by atoms with Crippen molar-refractivity contribution in [3.63, 3.8) is 0 Å². The molecule has 1 amide bonds. The van der Waals surface area contributed by atoms with Gasteiger partial charge in [0.1, 0.15) is 17.6 Å². The van der Waals surface area contributed by atoms with Gasteiger partial charge in [0, 0.05) is 36.7 Å². The van der Waals surface area contributed by atoms with E-state index in [1.165, 1.54) is 11.1 Å². The van der Waals surface area contributed by atoms with Crippen molar-refractivity contribution in [2.24, 2.45) is 0 Å². The van der Waals surface area contributed by atoms with E-state index in [1.54, 1.807) is 0 Å². The van der Waals surface area contributed by atoms with Crippen molar-refractivity contribution in [1.82, 2.24) is 5.32 Å². The number of fused-ring (bicyclic) bond motifs is 2. The molecule has 0 aliphatic carbocycles. The van der Waals surface area contributed by atoms with Crippen LogP contribution in [0.4, 0.5) is 5.69 Å². The summed E-state index contributed by atoms with van der Waals surface area (Å²) in [5.41, 5.74) is 4.87. The molecule has 0 saturated heterocycles. The predicted molar refractivity (Wildman–Crippen MR) is 96.3 cm³/mol. The van der Waals surface area contributed by atoms with Gasteiger partial charge in [0.25, 0.3) is 5.91 Å². The Hall–Kier alpha value is -2.53. The molecule has 1 unspecified atom stereocenters. The third kappa shape index (κ3) is 3.07. The Morgan fingerprint density at radius 2 is 2.08 bits per heavy atom. The highest BCUT2D eigenvalue weighted by Crippen LogP contribution is 2.38. The Kier molecular flexibility index (Phi) is 4.09. The molecule has 130 valence electrons. The smallest absolute Gasteiger partial charge is 0.255 e. The summed E-state index contributed by atoms with van der Waals surface area (Å²) in [4.78, 5) is 12.7. The number of hydrogen-bond donors (Lipinski definition) is 2. The molecule has 25 heavy (non-hydrogen) atoms. The third-order valence-corrected chi connectivity index (χ3v) is 4.65. The maximum absolute atomic E-state index is 12.7. The van der Waals surface area contributed by atoms with Crippen molar-refractivity contribution in [3.8, 4) is 11.5 Å². The molecular weight excluding hydrogens is 316 g/mol. The van der Waals surface area contributed by atoms with Gasteiger partial charge in [0.2, 0.25) is 0 Å². The predicted octanol–water partition coefficient (Wildman–Crippen LogP) is 3.26. The Bertz CT molecular complexity index is 832. The lowest BCUT2D eigenvalue weighted by atomic mass is 10.1. The Labute approximate surface area is 147 Å². The minimum absolute atomic E-state index is 0.137. The Morgan fingerprint density at radius 1 is 1.24 bits per heavy atom. The summed E-state index contributed by atoms with van der Waals surface area (Å²) in [6.45, 7) is 6.20. The molecule has 2 aliphatic rings. The molecule has 0 spiro atoms. The van der Waals surface area contributed by atoms with E-state index in [1.807, 2.05) is 44.2 Å². The van der Waals surface area contributed by atoms with Gasteiger partial charge < -0.3 is 20.1 Å². The number of ether oxygens (including phenoxy) is 2. The zero-order chi connectivity index (χ0) is 17.4. The molecule has 0 aromatic heterocycles. The summed E-state index contributed by atoms with van der Waals surface area (Å²) >= 11 is 0. The largest absolute Gasteiger partial charge is 0.492 e. The zero-order valence-corrected chi connectivity index (χ0v) is 14.5. The van der Waals surface area contributed by atoms with Gasteiger partial charge in [-0.3, -0.25) is 4.79 Å². The van der Waals surface area contributed by atoms with Gasteiger partial charge in [0.15, 0.2) is 0 Å². The van der Waals surface area contributed by atoms with Crippen LogP contribution in [0, 0.1) is 0 Å². The lowest BCUT2D eigenvalue weighted by Crippen LogP contribution is -2.13. The summed E-state index contributed by atoms with van der Waals surface area (Å²) in [6, 6.07) is 9.69. The fourth-order valence-electron chi connectivity index (χ4n) is 3.44. The van der Waals surface area contributed by atoms with Gasteiger partial charge in [-0.25, -0.2) is 0 Å². The van der Waals surface area contributed by atoms with Crippen molar-refractivity contribution in [2.75, 3.05) is 11.9 Å². The lowest BCUT2D eigenvalue weighted by Gasteiger charge is -2.14. The second kappa shape index (κ2) is 6.41. The summed E-state index contributed by atoms with van der Waals surface area (Å²) in [6.07, 6.45) is 1.01. The highest BCUT2D eigenvalue weighted by molar-refractivity contribution is 6.05. The molecule has 5 nitrogen and oxygen atoms in total. The standard InChI is InChI=1S/C20H22N2O3/c1-3-24-19-8-15-6-12(2)25-18(15)9-17(19)22-20(23)13-4-5-14-10-21-11-16(14)7-13/h4-5,7-9,12,21H,3,6,10-11H2,1-2H3,(H,22,23). The molecule has 0 bridgehead atoms. The number of anilines is 1. The number of amides is 1. The van der Waals surface area contributed by atoms with E-state index in [2.05, 4.69) is 10.6 Å². The van der Waals surface area contributed by atoms with Crippen LogP contribution < -0.4 is 20.1 Å². The maximum Gasteiger partial charge on any atom is 0.255 e. The van der Waals surface area contributed by atoms with Crippen LogP contribution in [-0.4, -0.2) is 18.6 Å². The van der Waals surface area contributed by atoms with Gasteiger partial charge >= 0.3 is 0 Å². The van der Waals surface area contributed by atoms with Crippen LogP contribution in [0.25, 0.3) is 0 Å². The van der Waals surface area contributed by atoms with Gasteiger partial charge in [0.05, 0.1) is 12.3 Å². The first-order chi connectivity index (χ1) is 12.1. The first-order valence-electron chi connectivity index (χ1n) is 8.74. The summed E-state index contributed by atoms with van der Waals surface area (Å²) < 4.78 is 11.5. The number of benzene rings is 2. The van der Waals surface area contributed by atoms with E-state index < -0.39 is 0 Å². The van der Waals surface area contributed by atoms with Crippen LogP contribution in [0.15, 0.2) is 30.3 Å². The van der Waals surface area contributed by atoms with Crippen molar-refractivity contribution < 1.29 is 14.3 Å². The van der Waals surface area contributed by atoms with E-state index in [9.17, 15) is 4.79 Å². The van der Waals surface area contributed by atoms with Crippen LogP contribution in [0.1, 0.15) is 40.9 Å². The topological polar surface area (TPSA) is 59.6 Å². The van der Waals surface area contributed by atoms with E-state index in [0.717, 1.165) is 30.8 Å². The van der Waals surface area contributed by atoms with Gasteiger partial charge in [-0.1, -0.05) is 6.07 Å². The molecule has 2 N–H and O–H groups in total. The first-order valence-corrected chi connectivity index (χ1v) is 8.74. The van der Waals surface area contributed by atoms with Crippen LogP contribution in [0.3, 0.4) is 0 Å².